The highest BCUT2D eigenvalue weighted by Crippen LogP contribution is 2.50. The van der Waals surface area contributed by atoms with Crippen LogP contribution in [-0.2, 0) is 191 Å². The molecule has 0 heterocycles. The fourth-order valence-electron chi connectivity index (χ4n) is 6.34. The van der Waals surface area contributed by atoms with Gasteiger partial charge in [0.05, 0.1) is 211 Å². The van der Waals surface area contributed by atoms with Crippen molar-refractivity contribution in [2.45, 2.75) is 37.3 Å². The molecule has 0 fully saturated rings. The first-order chi connectivity index (χ1) is 52.8. The van der Waals surface area contributed by atoms with Crippen LogP contribution in [0.1, 0.15) is 12.8 Å². The van der Waals surface area contributed by atoms with E-state index in [1.807, 2.05) is 0 Å². The van der Waals surface area contributed by atoms with E-state index in [1.54, 1.807) is 7.05 Å². The summed E-state index contributed by atoms with van der Waals surface area (Å²) in [4.78, 5) is 158. The zero-order chi connectivity index (χ0) is 86.8. The molecule has 73 heteroatoms. The summed E-state index contributed by atoms with van der Waals surface area (Å²) >= 11 is 0. The SMILES string of the molecule is CNCOCCC(CO)OP(=O)([O-])OCCOP(=O)([O-])OCCOP(=O)([O-])OCCOP(=O)([O-])OCCOP(=O)([O-])OCCOP(=O)([O-])OCCOP(=O)([O-])OCC(CCOCNC)OP(=O)([O-])OCCOP(=O)([O-])OCC(COCNC)OP(=O)([O-])OCCOP(=O)([O-])OCC(COCNC)OP(=O)([O-])OCCOP(C)(=O)[O-]. The molecule has 686 valence electrons. The van der Waals surface area contributed by atoms with Gasteiger partial charge in [0.25, 0.3) is 93.9 Å². The van der Waals surface area contributed by atoms with Crippen LogP contribution in [0.3, 0.4) is 0 Å². The number of phosphoric ester groups is 12. The molecule has 5 N–H and O–H groups in total. The Morgan fingerprint density at radius 1 is 0.228 bits per heavy atom. The quantitative estimate of drug-likeness (QED) is 0.0214. The average molecular weight is 1940 g/mol. The molecule has 0 radical (unpaired) electrons. The van der Waals surface area contributed by atoms with Gasteiger partial charge in [0.1, 0.15) is 19.8 Å². The van der Waals surface area contributed by atoms with Crippen molar-refractivity contribution in [2.24, 2.45) is 0 Å². The van der Waals surface area contributed by atoms with E-state index in [-0.39, 0.29) is 46.6 Å². The molecule has 0 aliphatic rings. The van der Waals surface area contributed by atoms with Crippen molar-refractivity contribution in [3.8, 4) is 0 Å². The Balaban J connectivity index is 4.96. The minimum absolute atomic E-state index is 0.00308. The van der Waals surface area contributed by atoms with Gasteiger partial charge in [-0.25, -0.2) is 0 Å². The zero-order valence-corrected chi connectivity index (χ0v) is 72.3. The maximum Gasteiger partial charge on any atom is 0.268 e. The van der Waals surface area contributed by atoms with Crippen molar-refractivity contribution in [1.29, 1.82) is 0 Å². The second-order valence-electron chi connectivity index (χ2n) is 20.2. The topological polar surface area (TPSA) is 858 Å². The maximum atomic E-state index is 12.7. The maximum absolute atomic E-state index is 12.7. The predicted molar refractivity (Wildman–Crippen MR) is 345 cm³/mol. The van der Waals surface area contributed by atoms with E-state index in [1.165, 1.54) is 21.1 Å². The van der Waals surface area contributed by atoms with Gasteiger partial charge in [-0.05, 0) is 41.0 Å². The number of phosphoric acid groups is 12. The van der Waals surface area contributed by atoms with E-state index < -0.39 is 291 Å². The van der Waals surface area contributed by atoms with Crippen LogP contribution >= 0.6 is 101 Å². The van der Waals surface area contributed by atoms with E-state index in [0.29, 0.717) is 6.66 Å². The second kappa shape index (κ2) is 59.9. The monoisotopic (exact) mass is 1940 g/mol. The molecule has 0 aromatic rings. The summed E-state index contributed by atoms with van der Waals surface area (Å²) < 4.78 is 290. The van der Waals surface area contributed by atoms with Crippen LogP contribution in [-0.4, -0.2) is 263 Å². The highest BCUT2D eigenvalue weighted by molar-refractivity contribution is 7.50. The minimum atomic E-state index is -5.58. The van der Waals surface area contributed by atoms with Crippen LogP contribution in [0, 0.1) is 0 Å². The Hall–Kier alpha value is 1.11. The highest BCUT2D eigenvalue weighted by atomic mass is 31.2. The molecule has 0 amide bonds. The van der Waals surface area contributed by atoms with Gasteiger partial charge in [-0.1, -0.05) is 0 Å². The molecule has 114 heavy (non-hydrogen) atoms. The molecular formula is C41H88N4O56P13-13. The van der Waals surface area contributed by atoms with Gasteiger partial charge in [-0.3, -0.25) is 76.0 Å². The number of nitrogens with one attached hydrogen (secondary N) is 4. The molecule has 0 bridgehead atoms. The molecule has 0 saturated heterocycles. The lowest BCUT2D eigenvalue weighted by atomic mass is 10.3. The third-order valence-corrected chi connectivity index (χ3v) is 23.4. The molecule has 17 atom stereocenters. The molecule has 0 aliphatic heterocycles. The summed E-state index contributed by atoms with van der Waals surface area (Å²) in [5.74, 6) is 0. The van der Waals surface area contributed by atoms with Gasteiger partial charge in [-0.15, -0.1) is 0 Å². The van der Waals surface area contributed by atoms with E-state index in [9.17, 15) is 128 Å². The second-order valence-corrected chi connectivity index (χ2v) is 38.8. The Labute approximate surface area is 651 Å². The zero-order valence-electron chi connectivity index (χ0n) is 60.7. The molecule has 0 aliphatic carbocycles. The van der Waals surface area contributed by atoms with Crippen LogP contribution in [0.4, 0.5) is 0 Å². The Bertz CT molecular complexity index is 3280. The Morgan fingerprint density at radius 3 is 0.623 bits per heavy atom. The fourth-order valence-corrected chi connectivity index (χ4v) is 15.7. The van der Waals surface area contributed by atoms with Gasteiger partial charge < -0.3 is 205 Å². The van der Waals surface area contributed by atoms with Crippen molar-refractivity contribution in [3.05, 3.63) is 0 Å². The first-order valence-electron chi connectivity index (χ1n) is 31.6. The number of aliphatic hydroxyl groups is 1. The summed E-state index contributed by atoms with van der Waals surface area (Å²) in [5.41, 5.74) is 0. The molecule has 0 rings (SSSR count). The molecular weight excluding hydrogens is 1850 g/mol. The number of ether oxygens (including phenoxy) is 4. The molecule has 17 unspecified atom stereocenters. The van der Waals surface area contributed by atoms with Gasteiger partial charge in [0.2, 0.25) is 0 Å². The van der Waals surface area contributed by atoms with Gasteiger partial charge >= 0.3 is 0 Å². The van der Waals surface area contributed by atoms with E-state index in [0.717, 1.165) is 0 Å². The molecule has 0 spiro atoms. The van der Waals surface area contributed by atoms with Crippen molar-refractivity contribution >= 4 is 101 Å². The fraction of sp³-hybridized carbons (Fsp3) is 1.00. The molecule has 0 aromatic carbocycles. The highest BCUT2D eigenvalue weighted by Gasteiger charge is 2.28. The number of hydrogen-bond donors (Lipinski definition) is 5. The van der Waals surface area contributed by atoms with Crippen LogP contribution in [0.15, 0.2) is 0 Å². The van der Waals surface area contributed by atoms with E-state index in [4.69, 9.17) is 32.5 Å². The molecule has 0 saturated carbocycles. The van der Waals surface area contributed by atoms with Gasteiger partial charge in [0.15, 0.2) is 0 Å². The van der Waals surface area contributed by atoms with Crippen LogP contribution < -0.4 is 84.9 Å². The number of hydrogen-bond acceptors (Lipinski definition) is 60. The smallest absolute Gasteiger partial charge is 0.268 e. The number of rotatable bonds is 81. The van der Waals surface area contributed by atoms with Gasteiger partial charge in [0, 0.05) is 6.66 Å². The Morgan fingerprint density at radius 2 is 0.404 bits per heavy atom. The van der Waals surface area contributed by atoms with Crippen molar-refractivity contribution < 1.29 is 260 Å². The third-order valence-electron chi connectivity index (χ3n) is 10.6. The first kappa shape index (κ1) is 115. The van der Waals surface area contributed by atoms with Crippen LogP contribution in [0.25, 0.3) is 0 Å². The van der Waals surface area contributed by atoms with Crippen LogP contribution in [0.2, 0.25) is 0 Å². The van der Waals surface area contributed by atoms with Crippen molar-refractivity contribution in [2.75, 3.05) is 234 Å². The summed E-state index contributed by atoms with van der Waals surface area (Å²) in [6, 6.07) is 0. The molecule has 0 aromatic heterocycles. The standard InChI is InChI=1S/C41H101N4O56P13/c1-42-34-73-8-6-38(28-46)98-111(65,66)92-25-22-87-107(57,58)85-19-18-83-105(53,54)81-15-14-79-103(49,50)78-12-13-80-104(51,52)82-16-17-84-106(55,56)86-20-21-88-108(59,60)95-31-39(7-9-74-35-43-2)99-112(67,68)93-26-23-89-109(61,62)97-33-41(30-76-37-45-4)101-114(71,72)94-27-24-90-110(63,64)96-32-40(29-75-36-44-3)100-113(69,70)91-11-10-77-102(5,47)48/h38-46H,6-37H2,1-5H3,(H,47,48)(H,49,50)(H,51,52)(H,53,54)(H,55,56)(H,57,58)(H,59,60)(H,61,62)(H,63,64)(H,65,66)(H,67,68)(H,69,70)(H,71,72)/p-13. The van der Waals surface area contributed by atoms with Crippen molar-refractivity contribution in [3.63, 3.8) is 0 Å². The first-order valence-corrected chi connectivity index (χ1v) is 51.1. The lowest BCUT2D eigenvalue weighted by Crippen LogP contribution is -2.30. The lowest BCUT2D eigenvalue weighted by molar-refractivity contribution is -0.244. The average Bonchev–Trinajstić information content (AvgIpc) is 0.877. The largest absolute Gasteiger partial charge is 0.779 e. The summed E-state index contributed by atoms with van der Waals surface area (Å²) in [6.45, 7) is -24.7. The van der Waals surface area contributed by atoms with Gasteiger partial charge in [-0.2, -0.15) is 0 Å². The Kier molecular flexibility index (Phi) is 60.5. The van der Waals surface area contributed by atoms with Crippen LogP contribution in [0.5, 0.6) is 0 Å². The summed E-state index contributed by atoms with van der Waals surface area (Å²) in [7, 11) is -63.0. The molecule has 60 nitrogen and oxygen atoms in total. The summed E-state index contributed by atoms with van der Waals surface area (Å²) in [6.07, 6.45) is -7.19. The number of aliphatic hydroxyl groups excluding tert-OH is 1. The van der Waals surface area contributed by atoms with E-state index in [2.05, 4.69) is 121 Å². The summed E-state index contributed by atoms with van der Waals surface area (Å²) in [5, 5.41) is 19.5. The van der Waals surface area contributed by atoms with E-state index >= 15 is 0 Å². The normalized spacial score (nSPS) is 20.4. The van der Waals surface area contributed by atoms with Crippen molar-refractivity contribution in [1.82, 2.24) is 21.3 Å². The minimum Gasteiger partial charge on any atom is -0.779 e. The lowest BCUT2D eigenvalue weighted by Gasteiger charge is -2.31. The predicted octanol–water partition coefficient (Wildman–Crippen LogP) is -7.77. The third kappa shape index (κ3) is 68.5.